The highest BCUT2D eigenvalue weighted by Gasteiger charge is 2.06. The third-order valence-corrected chi connectivity index (χ3v) is 2.86. The molecule has 0 fully saturated rings. The van der Waals surface area contributed by atoms with Crippen LogP contribution in [0.4, 0.5) is 5.69 Å². The summed E-state index contributed by atoms with van der Waals surface area (Å²) in [6.45, 7) is 2.21. The van der Waals surface area contributed by atoms with E-state index in [1.54, 1.807) is 23.1 Å². The standard InChI is InChI=1S/C15H16N4O2/c1-12-4-5-13(3-2-10-20)11-14(12)17-15(21)6-8-19-9-7-16-18-19/h4-5,7,9,11,20H,6,8,10H2,1H3,(H,17,21). The molecule has 0 aliphatic carbocycles. The first-order chi connectivity index (χ1) is 10.2. The maximum absolute atomic E-state index is 11.9. The van der Waals surface area contributed by atoms with E-state index in [1.165, 1.54) is 0 Å². The number of nitrogens with one attached hydrogen (secondary N) is 1. The minimum atomic E-state index is -0.187. The fourth-order valence-corrected chi connectivity index (χ4v) is 1.76. The van der Waals surface area contributed by atoms with Gasteiger partial charge in [0.25, 0.3) is 0 Å². The molecule has 2 N–H and O–H groups in total. The van der Waals surface area contributed by atoms with Gasteiger partial charge in [0.05, 0.1) is 12.7 Å². The van der Waals surface area contributed by atoms with Crippen molar-refractivity contribution in [1.82, 2.24) is 15.0 Å². The summed E-state index contributed by atoms with van der Waals surface area (Å²) < 4.78 is 1.61. The van der Waals surface area contributed by atoms with Crippen LogP contribution in [0.2, 0.25) is 0 Å². The number of carbonyl (C=O) groups is 1. The van der Waals surface area contributed by atoms with Crippen molar-refractivity contribution in [3.05, 3.63) is 41.7 Å². The Morgan fingerprint density at radius 2 is 2.33 bits per heavy atom. The maximum atomic E-state index is 11.9. The van der Waals surface area contributed by atoms with Crippen LogP contribution >= 0.6 is 0 Å². The molecule has 0 atom stereocenters. The Hall–Kier alpha value is -2.65. The largest absolute Gasteiger partial charge is 0.384 e. The quantitative estimate of drug-likeness (QED) is 0.820. The summed E-state index contributed by atoms with van der Waals surface area (Å²) in [6, 6.07) is 5.53. The highest BCUT2D eigenvalue weighted by molar-refractivity contribution is 5.91. The number of carbonyl (C=O) groups excluding carboxylic acids is 1. The second-order valence-electron chi connectivity index (χ2n) is 4.45. The third-order valence-electron chi connectivity index (χ3n) is 2.86. The van der Waals surface area contributed by atoms with Gasteiger partial charge < -0.3 is 10.4 Å². The lowest BCUT2D eigenvalue weighted by Gasteiger charge is -2.09. The van der Waals surface area contributed by atoms with Gasteiger partial charge in [0.2, 0.25) is 5.91 Å². The van der Waals surface area contributed by atoms with E-state index in [2.05, 4.69) is 27.5 Å². The number of aryl methyl sites for hydroxylation is 2. The Kier molecular flexibility index (Phi) is 5.07. The number of amides is 1. The number of aliphatic hydroxyl groups excluding tert-OH is 1. The van der Waals surface area contributed by atoms with Crippen molar-refractivity contribution in [2.45, 2.75) is 19.9 Å². The van der Waals surface area contributed by atoms with Crippen molar-refractivity contribution in [1.29, 1.82) is 0 Å². The molecule has 0 saturated heterocycles. The maximum Gasteiger partial charge on any atom is 0.226 e. The Balaban J connectivity index is 1.99. The number of rotatable bonds is 4. The van der Waals surface area contributed by atoms with Gasteiger partial charge in [-0.15, -0.1) is 5.10 Å². The zero-order valence-electron chi connectivity index (χ0n) is 11.7. The summed E-state index contributed by atoms with van der Waals surface area (Å²) in [6.07, 6.45) is 3.60. The van der Waals surface area contributed by atoms with Crippen LogP contribution in [-0.2, 0) is 11.3 Å². The van der Waals surface area contributed by atoms with Crippen molar-refractivity contribution >= 4 is 11.6 Å². The highest BCUT2D eigenvalue weighted by Crippen LogP contribution is 2.16. The molecule has 2 aromatic rings. The summed E-state index contributed by atoms with van der Waals surface area (Å²) >= 11 is 0. The average molecular weight is 284 g/mol. The van der Waals surface area contributed by atoms with Gasteiger partial charge in [-0.1, -0.05) is 23.1 Å². The van der Waals surface area contributed by atoms with Crippen LogP contribution < -0.4 is 5.32 Å². The van der Waals surface area contributed by atoms with Gasteiger partial charge in [0.15, 0.2) is 0 Å². The number of benzene rings is 1. The number of hydrogen-bond donors (Lipinski definition) is 2. The Morgan fingerprint density at radius 1 is 1.48 bits per heavy atom. The Bertz CT molecular complexity index is 669. The van der Waals surface area contributed by atoms with E-state index in [4.69, 9.17) is 5.11 Å². The number of hydrogen-bond acceptors (Lipinski definition) is 4. The summed E-state index contributed by atoms with van der Waals surface area (Å²) in [5, 5.41) is 19.0. The van der Waals surface area contributed by atoms with Gasteiger partial charge in [-0.05, 0) is 24.6 Å². The molecule has 0 saturated carbocycles. The molecule has 21 heavy (non-hydrogen) atoms. The molecule has 0 aliphatic heterocycles. The van der Waals surface area contributed by atoms with Crippen molar-refractivity contribution < 1.29 is 9.90 Å². The predicted molar refractivity (Wildman–Crippen MR) is 78.4 cm³/mol. The molecule has 2 rings (SSSR count). The van der Waals surface area contributed by atoms with Gasteiger partial charge in [-0.25, -0.2) is 0 Å². The topological polar surface area (TPSA) is 80.0 Å². The molecule has 1 heterocycles. The van der Waals surface area contributed by atoms with Gasteiger partial charge in [-0.2, -0.15) is 0 Å². The van der Waals surface area contributed by atoms with E-state index in [-0.39, 0.29) is 12.5 Å². The first kappa shape index (κ1) is 14.8. The summed E-state index contributed by atoms with van der Waals surface area (Å²) in [5.41, 5.74) is 2.43. The van der Waals surface area contributed by atoms with Gasteiger partial charge in [0.1, 0.15) is 6.61 Å². The van der Waals surface area contributed by atoms with E-state index >= 15 is 0 Å². The summed E-state index contributed by atoms with van der Waals surface area (Å²) in [5.74, 6) is 5.30. The second-order valence-corrected chi connectivity index (χ2v) is 4.45. The summed E-state index contributed by atoms with van der Waals surface area (Å²) in [7, 11) is 0. The van der Waals surface area contributed by atoms with E-state index < -0.39 is 0 Å². The smallest absolute Gasteiger partial charge is 0.226 e. The van der Waals surface area contributed by atoms with E-state index in [1.807, 2.05) is 19.1 Å². The molecule has 0 spiro atoms. The molecule has 1 amide bonds. The minimum Gasteiger partial charge on any atom is -0.384 e. The van der Waals surface area contributed by atoms with Crippen LogP contribution in [0.5, 0.6) is 0 Å². The third kappa shape index (κ3) is 4.44. The lowest BCUT2D eigenvalue weighted by atomic mass is 10.1. The first-order valence-corrected chi connectivity index (χ1v) is 6.53. The van der Waals surface area contributed by atoms with Gasteiger partial charge in [-0.3, -0.25) is 9.48 Å². The average Bonchev–Trinajstić information content (AvgIpc) is 2.99. The van der Waals surface area contributed by atoms with E-state index in [9.17, 15) is 4.79 Å². The van der Waals surface area contributed by atoms with Crippen LogP contribution in [-0.4, -0.2) is 32.6 Å². The fraction of sp³-hybridized carbons (Fsp3) is 0.267. The van der Waals surface area contributed by atoms with Crippen molar-refractivity contribution in [2.75, 3.05) is 11.9 Å². The van der Waals surface area contributed by atoms with E-state index in [0.29, 0.717) is 13.0 Å². The second kappa shape index (κ2) is 7.22. The number of aromatic nitrogens is 3. The van der Waals surface area contributed by atoms with Crippen molar-refractivity contribution in [2.24, 2.45) is 0 Å². The monoisotopic (exact) mass is 284 g/mol. The van der Waals surface area contributed by atoms with Crippen molar-refractivity contribution in [3.63, 3.8) is 0 Å². The molecule has 1 aromatic carbocycles. The molecule has 1 aromatic heterocycles. The van der Waals surface area contributed by atoms with Crippen LogP contribution in [0, 0.1) is 18.8 Å². The first-order valence-electron chi connectivity index (χ1n) is 6.53. The molecular weight excluding hydrogens is 268 g/mol. The number of aliphatic hydroxyl groups is 1. The predicted octanol–water partition coefficient (Wildman–Crippen LogP) is 0.959. The van der Waals surface area contributed by atoms with Gasteiger partial charge >= 0.3 is 0 Å². The number of anilines is 1. The minimum absolute atomic E-state index is 0.0964. The Morgan fingerprint density at radius 3 is 3.05 bits per heavy atom. The van der Waals surface area contributed by atoms with Crippen molar-refractivity contribution in [3.8, 4) is 11.8 Å². The lowest BCUT2D eigenvalue weighted by Crippen LogP contribution is -2.15. The molecule has 0 radical (unpaired) electrons. The zero-order valence-corrected chi connectivity index (χ0v) is 11.7. The molecule has 108 valence electrons. The normalized spacial score (nSPS) is 9.81. The van der Waals surface area contributed by atoms with Gasteiger partial charge in [0, 0.05) is 23.9 Å². The van der Waals surface area contributed by atoms with E-state index in [0.717, 1.165) is 16.8 Å². The molecule has 6 nitrogen and oxygen atoms in total. The van der Waals surface area contributed by atoms with Crippen LogP contribution in [0.1, 0.15) is 17.5 Å². The van der Waals surface area contributed by atoms with Crippen LogP contribution in [0.25, 0.3) is 0 Å². The lowest BCUT2D eigenvalue weighted by molar-refractivity contribution is -0.116. The molecular formula is C15H16N4O2. The zero-order chi connectivity index (χ0) is 15.1. The fourth-order valence-electron chi connectivity index (χ4n) is 1.76. The molecule has 0 bridgehead atoms. The molecule has 0 aliphatic rings. The SMILES string of the molecule is Cc1ccc(C#CCO)cc1NC(=O)CCn1ccnn1. The molecule has 0 unspecified atom stereocenters. The molecule has 6 heteroatoms. The Labute approximate surface area is 122 Å². The van der Waals surface area contributed by atoms with Crippen LogP contribution in [0.3, 0.4) is 0 Å². The summed E-state index contributed by atoms with van der Waals surface area (Å²) in [4.78, 5) is 11.9. The number of nitrogens with zero attached hydrogens (tertiary/aromatic N) is 3. The van der Waals surface area contributed by atoms with Crippen LogP contribution in [0.15, 0.2) is 30.6 Å². The highest BCUT2D eigenvalue weighted by atomic mass is 16.2.